The van der Waals surface area contributed by atoms with Crippen molar-refractivity contribution >= 4 is 11.7 Å². The van der Waals surface area contributed by atoms with E-state index in [-0.39, 0.29) is 16.8 Å². The number of nitrogens with zero attached hydrogens (tertiary/aromatic N) is 3. The number of benzene rings is 1. The Balaban J connectivity index is 3.30. The van der Waals surface area contributed by atoms with Gasteiger partial charge in [0.05, 0.1) is 12.7 Å². The zero-order chi connectivity index (χ0) is 12.8. The van der Waals surface area contributed by atoms with E-state index in [4.69, 9.17) is 0 Å². The molecule has 0 radical (unpaired) electrons. The summed E-state index contributed by atoms with van der Waals surface area (Å²) in [5, 5.41) is 7.56. The number of carbonyl (C=O) groups is 1. The Labute approximate surface area is 94.9 Å². The summed E-state index contributed by atoms with van der Waals surface area (Å²) in [5.41, 5.74) is -0.226. The van der Waals surface area contributed by atoms with Crippen LogP contribution < -0.4 is 0 Å². The normalized spacial score (nSPS) is 9.76. The van der Waals surface area contributed by atoms with Gasteiger partial charge in [0.1, 0.15) is 5.69 Å². The van der Waals surface area contributed by atoms with E-state index in [1.54, 1.807) is 0 Å². The molecule has 17 heavy (non-hydrogen) atoms. The van der Waals surface area contributed by atoms with Crippen molar-refractivity contribution in [2.24, 2.45) is 15.5 Å². The van der Waals surface area contributed by atoms with Crippen molar-refractivity contribution in [2.75, 3.05) is 7.11 Å². The Morgan fingerprint density at radius 3 is 2.35 bits per heavy atom. The molecule has 1 rings (SSSR count). The first kappa shape index (κ1) is 12.6. The molecule has 88 valence electrons. The summed E-state index contributed by atoms with van der Waals surface area (Å²) in [6.07, 6.45) is -1.47. The summed E-state index contributed by atoms with van der Waals surface area (Å²) in [7, 11) is 1.12. The van der Waals surface area contributed by atoms with Crippen LogP contribution >= 0.6 is 0 Å². The predicted octanol–water partition coefficient (Wildman–Crippen LogP) is 2.40. The van der Waals surface area contributed by atoms with Crippen LogP contribution in [-0.4, -0.2) is 13.1 Å². The first-order chi connectivity index (χ1) is 8.17. The highest BCUT2D eigenvalue weighted by Crippen LogP contribution is 2.26. The quantitative estimate of drug-likeness (QED) is 0.575. The third-order valence-electron chi connectivity index (χ3n) is 2.02. The Morgan fingerprint density at radius 2 is 1.88 bits per heavy atom. The van der Waals surface area contributed by atoms with E-state index in [0.29, 0.717) is 0 Å². The summed E-state index contributed by atoms with van der Waals surface area (Å²) in [6.45, 7) is 0. The molecule has 0 amide bonds. The summed E-state index contributed by atoms with van der Waals surface area (Å²) >= 11 is 0. The largest absolute Gasteiger partial charge is 0.465 e. The molecule has 0 N–H and O–H groups in total. The lowest BCUT2D eigenvalue weighted by Crippen LogP contribution is -2.03. The number of carbonyl (C=O) groups excluding carboxylic acids is 1. The van der Waals surface area contributed by atoms with Gasteiger partial charge in [0.15, 0.2) is 0 Å². The number of esters is 1. The molecule has 0 heterocycles. The monoisotopic (exact) mass is 237 g/mol. The van der Waals surface area contributed by atoms with Crippen LogP contribution in [-0.2, 0) is 4.74 Å². The van der Waals surface area contributed by atoms with Crippen LogP contribution in [0, 0.1) is 14.7 Å². The lowest BCUT2D eigenvalue weighted by atomic mass is 10.1. The molecule has 0 aliphatic rings. The number of ether oxygens (including phenoxy) is 1. The molecule has 0 aliphatic carbocycles. The topological polar surface area (TPSA) is 115 Å². The first-order valence-corrected chi connectivity index (χ1v) is 4.38. The Kier molecular flexibility index (Phi) is 4.09. The third kappa shape index (κ3) is 2.54. The third-order valence-corrected chi connectivity index (χ3v) is 2.02. The van der Waals surface area contributed by atoms with Crippen molar-refractivity contribution in [2.45, 2.75) is 6.17 Å². The summed E-state index contributed by atoms with van der Waals surface area (Å²) in [5.74, 6) is -0.808. The van der Waals surface area contributed by atoms with Gasteiger partial charge in [-0.2, -0.15) is 0 Å². The van der Waals surface area contributed by atoms with E-state index in [9.17, 15) is 19.5 Å². The van der Waals surface area contributed by atoms with Gasteiger partial charge >= 0.3 is 5.97 Å². The maximum atomic E-state index is 11.3. The van der Waals surface area contributed by atoms with Crippen LogP contribution in [0.2, 0.25) is 0 Å². The van der Waals surface area contributed by atoms with E-state index in [0.717, 1.165) is 13.2 Å². The summed E-state index contributed by atoms with van der Waals surface area (Å²) in [4.78, 5) is 42.3. The minimum Gasteiger partial charge on any atom is -0.465 e. The average Bonchev–Trinajstić information content (AvgIpc) is 2.39. The Bertz CT molecular complexity index is 466. The van der Waals surface area contributed by atoms with Crippen LogP contribution in [0.4, 0.5) is 5.69 Å². The second-order valence-corrected chi connectivity index (χ2v) is 2.94. The number of methoxy groups -OCH3 is 1. The molecule has 1 aromatic rings. The summed E-state index contributed by atoms with van der Waals surface area (Å²) in [6, 6.07) is 3.56. The van der Waals surface area contributed by atoms with Gasteiger partial charge in [0.2, 0.25) is 6.17 Å². The number of hydrogen-bond acceptors (Lipinski definition) is 8. The van der Waals surface area contributed by atoms with Crippen molar-refractivity contribution < 1.29 is 9.53 Å². The second-order valence-electron chi connectivity index (χ2n) is 2.94. The standard InChI is InChI=1S/C9H7N3O5/c1-17-9(13)6-4-5(8(11-15)12-16)2-3-7(6)10-14/h2-4,8H,1H3. The van der Waals surface area contributed by atoms with E-state index >= 15 is 0 Å². The van der Waals surface area contributed by atoms with Crippen molar-refractivity contribution in [3.63, 3.8) is 0 Å². The molecule has 0 aliphatic heterocycles. The number of hydrogen-bond donors (Lipinski definition) is 0. The number of nitroso groups, excluding NO2 is 3. The molecule has 0 bridgehead atoms. The molecular formula is C9H7N3O5. The van der Waals surface area contributed by atoms with Crippen LogP contribution in [0.5, 0.6) is 0 Å². The van der Waals surface area contributed by atoms with Crippen molar-refractivity contribution in [1.29, 1.82) is 0 Å². The van der Waals surface area contributed by atoms with E-state index in [1.807, 2.05) is 0 Å². The lowest BCUT2D eigenvalue weighted by molar-refractivity contribution is 0.0601. The van der Waals surface area contributed by atoms with Crippen LogP contribution in [0.1, 0.15) is 22.1 Å². The maximum Gasteiger partial charge on any atom is 0.340 e. The summed E-state index contributed by atoms with van der Waals surface area (Å²) < 4.78 is 4.43. The van der Waals surface area contributed by atoms with E-state index in [2.05, 4.69) is 20.3 Å². The zero-order valence-corrected chi connectivity index (χ0v) is 8.69. The van der Waals surface area contributed by atoms with Crippen molar-refractivity contribution in [3.8, 4) is 0 Å². The van der Waals surface area contributed by atoms with Gasteiger partial charge in [-0.25, -0.2) is 4.79 Å². The molecule has 0 saturated carbocycles. The maximum absolute atomic E-state index is 11.3. The molecule has 8 nitrogen and oxygen atoms in total. The molecule has 0 fully saturated rings. The fourth-order valence-corrected chi connectivity index (χ4v) is 1.21. The van der Waals surface area contributed by atoms with Gasteiger partial charge in [-0.1, -0.05) is 6.07 Å². The van der Waals surface area contributed by atoms with E-state index < -0.39 is 12.1 Å². The van der Waals surface area contributed by atoms with E-state index in [1.165, 1.54) is 12.1 Å². The zero-order valence-electron chi connectivity index (χ0n) is 8.69. The molecule has 1 aromatic carbocycles. The van der Waals surface area contributed by atoms with Crippen molar-refractivity contribution in [3.05, 3.63) is 44.0 Å². The highest BCUT2D eigenvalue weighted by atomic mass is 16.5. The molecule has 0 saturated heterocycles. The molecule has 0 aromatic heterocycles. The molecular weight excluding hydrogens is 230 g/mol. The SMILES string of the molecule is COC(=O)c1cc(C(N=O)N=O)ccc1N=O. The van der Waals surface area contributed by atoms with Gasteiger partial charge in [-0.3, -0.25) is 0 Å². The fraction of sp³-hybridized carbons (Fsp3) is 0.222. The lowest BCUT2D eigenvalue weighted by Gasteiger charge is -2.05. The van der Waals surface area contributed by atoms with Gasteiger partial charge in [0.25, 0.3) is 0 Å². The van der Waals surface area contributed by atoms with Gasteiger partial charge < -0.3 is 4.74 Å². The Morgan fingerprint density at radius 1 is 1.24 bits per heavy atom. The predicted molar refractivity (Wildman–Crippen MR) is 57.6 cm³/mol. The van der Waals surface area contributed by atoms with Crippen LogP contribution in [0.25, 0.3) is 0 Å². The van der Waals surface area contributed by atoms with Gasteiger partial charge in [0, 0.05) is 5.56 Å². The fourth-order valence-electron chi connectivity index (χ4n) is 1.21. The minimum absolute atomic E-state index is 0.0859. The minimum atomic E-state index is -1.47. The number of rotatable bonds is 5. The highest BCUT2D eigenvalue weighted by molar-refractivity contribution is 5.95. The molecule has 8 heteroatoms. The van der Waals surface area contributed by atoms with Crippen molar-refractivity contribution in [1.82, 2.24) is 0 Å². The first-order valence-electron chi connectivity index (χ1n) is 4.38. The second kappa shape index (κ2) is 5.54. The smallest absolute Gasteiger partial charge is 0.340 e. The highest BCUT2D eigenvalue weighted by Gasteiger charge is 2.18. The van der Waals surface area contributed by atoms with Crippen LogP contribution in [0.3, 0.4) is 0 Å². The Hall–Kier alpha value is -2.51. The molecule has 0 atom stereocenters. The average molecular weight is 237 g/mol. The van der Waals surface area contributed by atoms with Gasteiger partial charge in [-0.15, -0.1) is 14.7 Å². The molecule has 0 spiro atoms. The van der Waals surface area contributed by atoms with Crippen LogP contribution in [0.15, 0.2) is 33.7 Å². The van der Waals surface area contributed by atoms with Gasteiger partial charge in [-0.05, 0) is 27.7 Å². The molecule has 0 unspecified atom stereocenters.